The van der Waals surface area contributed by atoms with Crippen LogP contribution < -0.4 is 11.1 Å². The maximum Gasteiger partial charge on any atom is 0.272 e. The van der Waals surface area contributed by atoms with Crippen LogP contribution >= 0.6 is 23.2 Å². The van der Waals surface area contributed by atoms with Gasteiger partial charge in [0.1, 0.15) is 24.1 Å². The van der Waals surface area contributed by atoms with E-state index in [2.05, 4.69) is 20.2 Å². The molecule has 0 radical (unpaired) electrons. The third-order valence-corrected chi connectivity index (χ3v) is 7.48. The average molecular weight is 493 g/mol. The molecule has 2 aromatic rings. The summed E-state index contributed by atoms with van der Waals surface area (Å²) >= 11 is 12.1. The summed E-state index contributed by atoms with van der Waals surface area (Å²) in [4.78, 5) is 26.1. The highest BCUT2D eigenvalue weighted by atomic mass is 35.5. The van der Waals surface area contributed by atoms with Crippen molar-refractivity contribution < 1.29 is 9.90 Å². The van der Waals surface area contributed by atoms with Crippen LogP contribution in [-0.4, -0.2) is 69.2 Å². The third kappa shape index (κ3) is 5.58. The molecule has 4 N–H and O–H groups in total. The first-order valence-corrected chi connectivity index (χ1v) is 12.1. The predicted octanol–water partition coefficient (Wildman–Crippen LogP) is 2.91. The lowest BCUT2D eigenvalue weighted by atomic mass is 10.0. The zero-order valence-corrected chi connectivity index (χ0v) is 20.2. The van der Waals surface area contributed by atoms with Crippen molar-refractivity contribution in [3.8, 4) is 0 Å². The smallest absolute Gasteiger partial charge is 0.272 e. The maximum absolute atomic E-state index is 13.2. The van der Waals surface area contributed by atoms with Crippen LogP contribution in [0.1, 0.15) is 40.9 Å². The Hall–Kier alpha value is -1.97. The van der Waals surface area contributed by atoms with Gasteiger partial charge in [-0.1, -0.05) is 29.3 Å². The molecule has 0 bridgehead atoms. The van der Waals surface area contributed by atoms with Gasteiger partial charge in [-0.05, 0) is 50.4 Å². The predicted molar refractivity (Wildman–Crippen MR) is 129 cm³/mol. The molecule has 0 spiro atoms. The Bertz CT molecular complexity index is 997. The Morgan fingerprint density at radius 3 is 2.64 bits per heavy atom. The Balaban J connectivity index is 1.35. The first-order valence-electron chi connectivity index (χ1n) is 11.3. The molecule has 4 rings (SSSR count). The molecule has 1 unspecified atom stereocenters. The molecular weight excluding hydrogens is 463 g/mol. The summed E-state index contributed by atoms with van der Waals surface area (Å²) in [6.45, 7) is 5.52. The number of halogens is 2. The van der Waals surface area contributed by atoms with Crippen molar-refractivity contribution in [2.75, 3.05) is 31.5 Å². The number of piperidine rings is 1. The van der Waals surface area contributed by atoms with E-state index in [0.29, 0.717) is 47.2 Å². The van der Waals surface area contributed by atoms with Crippen LogP contribution in [0.15, 0.2) is 24.5 Å². The molecule has 2 aliphatic heterocycles. The van der Waals surface area contributed by atoms with E-state index in [1.165, 1.54) is 6.33 Å². The first-order chi connectivity index (χ1) is 15.8. The van der Waals surface area contributed by atoms with E-state index in [1.54, 1.807) is 12.1 Å². The highest BCUT2D eigenvalue weighted by Gasteiger charge is 2.34. The lowest BCUT2D eigenvalue weighted by Gasteiger charge is -2.37. The van der Waals surface area contributed by atoms with Gasteiger partial charge in [0.2, 0.25) is 0 Å². The van der Waals surface area contributed by atoms with Crippen LogP contribution in [-0.2, 0) is 6.54 Å². The van der Waals surface area contributed by atoms with Crippen LogP contribution in [0.25, 0.3) is 0 Å². The Morgan fingerprint density at radius 2 is 1.97 bits per heavy atom. The van der Waals surface area contributed by atoms with Crippen molar-refractivity contribution in [2.24, 2.45) is 11.7 Å². The van der Waals surface area contributed by atoms with E-state index in [-0.39, 0.29) is 11.8 Å². The minimum Gasteiger partial charge on any atom is -0.378 e. The molecule has 1 aromatic heterocycles. The summed E-state index contributed by atoms with van der Waals surface area (Å²) < 4.78 is 0. The summed E-state index contributed by atoms with van der Waals surface area (Å²) in [6.07, 6.45) is 3.41. The van der Waals surface area contributed by atoms with Gasteiger partial charge in [0, 0.05) is 43.7 Å². The van der Waals surface area contributed by atoms with E-state index in [0.717, 1.165) is 43.5 Å². The average Bonchev–Trinajstić information content (AvgIpc) is 3.31. The van der Waals surface area contributed by atoms with Crippen LogP contribution in [0, 0.1) is 12.8 Å². The van der Waals surface area contributed by atoms with Gasteiger partial charge in [0.15, 0.2) is 0 Å². The first kappa shape index (κ1) is 24.2. The molecule has 1 amide bonds. The summed E-state index contributed by atoms with van der Waals surface area (Å²) in [5.41, 5.74) is 7.77. The number of aliphatic hydroxyl groups excluding tert-OH is 1. The summed E-state index contributed by atoms with van der Waals surface area (Å²) in [7, 11) is 0. The number of rotatable bonds is 6. The van der Waals surface area contributed by atoms with Gasteiger partial charge in [-0.25, -0.2) is 9.97 Å². The molecule has 178 valence electrons. The van der Waals surface area contributed by atoms with Crippen molar-refractivity contribution in [3.63, 3.8) is 0 Å². The summed E-state index contributed by atoms with van der Waals surface area (Å²) in [5.74, 6) is 0.698. The quantitative estimate of drug-likeness (QED) is 0.532. The Kier molecular flexibility index (Phi) is 7.71. The molecular formula is C23H30Cl2N6O2. The molecule has 10 heteroatoms. The number of nitrogens with one attached hydrogen (secondary N) is 1. The number of carbonyl (C=O) groups excluding carboxylic acids is 1. The fourth-order valence-electron chi connectivity index (χ4n) is 4.69. The highest BCUT2D eigenvalue weighted by Crippen LogP contribution is 2.27. The largest absolute Gasteiger partial charge is 0.378 e. The minimum atomic E-state index is -0.753. The number of hydrogen-bond donors (Lipinski definition) is 3. The van der Waals surface area contributed by atoms with Crippen molar-refractivity contribution >= 4 is 34.9 Å². The second-order valence-electron chi connectivity index (χ2n) is 8.86. The molecule has 2 fully saturated rings. The zero-order chi connectivity index (χ0) is 23.5. The second kappa shape index (κ2) is 10.5. The number of aromatic nitrogens is 2. The molecule has 2 saturated heterocycles. The number of anilines is 1. The lowest BCUT2D eigenvalue weighted by molar-refractivity contribution is 0.0618. The van der Waals surface area contributed by atoms with Crippen LogP contribution in [0.5, 0.6) is 0 Å². The monoisotopic (exact) mass is 492 g/mol. The number of amides is 1. The molecule has 0 saturated carbocycles. The number of aliphatic hydroxyl groups is 1. The summed E-state index contributed by atoms with van der Waals surface area (Å²) in [5, 5.41) is 13.9. The Labute approximate surface area is 204 Å². The maximum atomic E-state index is 13.2. The van der Waals surface area contributed by atoms with Gasteiger partial charge in [0.05, 0.1) is 10.0 Å². The number of benzene rings is 1. The van der Waals surface area contributed by atoms with E-state index < -0.39 is 6.23 Å². The number of hydrogen-bond acceptors (Lipinski definition) is 7. The van der Waals surface area contributed by atoms with E-state index in [4.69, 9.17) is 28.9 Å². The number of likely N-dealkylation sites (tertiary alicyclic amines) is 2. The minimum absolute atomic E-state index is 0.0670. The molecule has 33 heavy (non-hydrogen) atoms. The Morgan fingerprint density at radius 1 is 1.21 bits per heavy atom. The third-order valence-electron chi connectivity index (χ3n) is 6.74. The zero-order valence-electron chi connectivity index (χ0n) is 18.7. The van der Waals surface area contributed by atoms with Gasteiger partial charge in [-0.2, -0.15) is 0 Å². The molecule has 2 aliphatic rings. The van der Waals surface area contributed by atoms with Crippen LogP contribution in [0.4, 0.5) is 5.82 Å². The van der Waals surface area contributed by atoms with Crippen molar-refractivity contribution in [3.05, 3.63) is 51.4 Å². The fourth-order valence-corrected chi connectivity index (χ4v) is 5.01. The highest BCUT2D eigenvalue weighted by molar-refractivity contribution is 6.42. The topological polar surface area (TPSA) is 108 Å². The summed E-state index contributed by atoms with van der Waals surface area (Å²) in [6, 6.07) is 5.88. The molecule has 1 aromatic carbocycles. The normalized spacial score (nSPS) is 20.8. The second-order valence-corrected chi connectivity index (χ2v) is 9.67. The standard InChI is InChI=1S/C23H30Cl2N6O2/c1-14-20(28-13-29-22(14)27-11-15-2-3-18(24)19(25)10-15)23(33)30-8-5-17(6-9-30)31-7-4-16(12-31)21(26)32/h2-3,10,13,16-17,21,32H,4-9,11-12,26H2,1H3,(H,27,28,29)/t16-,21?/m0/s1. The number of carbonyl (C=O) groups is 1. The van der Waals surface area contributed by atoms with Gasteiger partial charge >= 0.3 is 0 Å². The van der Waals surface area contributed by atoms with Gasteiger partial charge < -0.3 is 21.1 Å². The van der Waals surface area contributed by atoms with Gasteiger partial charge in [-0.3, -0.25) is 9.69 Å². The molecule has 2 atom stereocenters. The van der Waals surface area contributed by atoms with E-state index in [1.807, 2.05) is 17.9 Å². The SMILES string of the molecule is Cc1c(NCc2ccc(Cl)c(Cl)c2)ncnc1C(=O)N1CCC(N2CC[C@H](C(N)O)C2)CC1. The lowest BCUT2D eigenvalue weighted by Crippen LogP contribution is -2.46. The van der Waals surface area contributed by atoms with Crippen molar-refractivity contribution in [1.82, 2.24) is 19.8 Å². The number of nitrogens with zero attached hydrogens (tertiary/aromatic N) is 4. The van der Waals surface area contributed by atoms with Crippen LogP contribution in [0.2, 0.25) is 10.0 Å². The molecule has 0 aliphatic carbocycles. The van der Waals surface area contributed by atoms with Gasteiger partial charge in [-0.15, -0.1) is 0 Å². The van der Waals surface area contributed by atoms with E-state index in [9.17, 15) is 9.90 Å². The molecule has 8 nitrogen and oxygen atoms in total. The van der Waals surface area contributed by atoms with Crippen molar-refractivity contribution in [2.45, 2.75) is 45.0 Å². The van der Waals surface area contributed by atoms with Gasteiger partial charge in [0.25, 0.3) is 5.91 Å². The number of nitrogens with two attached hydrogens (primary N) is 1. The fraction of sp³-hybridized carbons (Fsp3) is 0.522. The van der Waals surface area contributed by atoms with E-state index >= 15 is 0 Å². The molecule has 3 heterocycles. The van der Waals surface area contributed by atoms with Crippen LogP contribution in [0.3, 0.4) is 0 Å². The van der Waals surface area contributed by atoms with Crippen molar-refractivity contribution in [1.29, 1.82) is 0 Å².